The Balaban J connectivity index is 2.56. The lowest BCUT2D eigenvalue weighted by Gasteiger charge is -2.08. The third-order valence-electron chi connectivity index (χ3n) is 1.91. The molecular formula is C10H17NO2. The van der Waals surface area contributed by atoms with Crippen molar-refractivity contribution < 1.29 is 9.15 Å². The second-order valence-electron chi connectivity index (χ2n) is 3.02. The summed E-state index contributed by atoms with van der Waals surface area (Å²) in [5.74, 6) is 1.84. The molecule has 1 unspecified atom stereocenters. The van der Waals surface area contributed by atoms with Crippen molar-refractivity contribution in [1.29, 1.82) is 0 Å². The fourth-order valence-electron chi connectivity index (χ4n) is 1.25. The minimum absolute atomic E-state index is 0.274. The molecule has 0 saturated carbocycles. The topological polar surface area (TPSA) is 34.4 Å². The van der Waals surface area contributed by atoms with Crippen molar-refractivity contribution in [3.05, 3.63) is 23.7 Å². The molecule has 13 heavy (non-hydrogen) atoms. The molecule has 0 aromatic carbocycles. The Morgan fingerprint density at radius 2 is 2.31 bits per heavy atom. The van der Waals surface area contributed by atoms with E-state index < -0.39 is 0 Å². The zero-order valence-corrected chi connectivity index (χ0v) is 8.46. The molecule has 0 saturated heterocycles. The van der Waals surface area contributed by atoms with E-state index in [2.05, 4.69) is 19.2 Å². The molecule has 0 spiro atoms. The van der Waals surface area contributed by atoms with Crippen LogP contribution in [0.1, 0.15) is 31.4 Å². The lowest BCUT2D eigenvalue weighted by molar-refractivity contribution is 0.161. The molecular weight excluding hydrogens is 166 g/mol. The number of hydrogen-bond acceptors (Lipinski definition) is 3. The Hall–Kier alpha value is -0.800. The average Bonchev–Trinajstić information content (AvgIpc) is 2.54. The predicted octanol–water partition coefficient (Wildman–Crippen LogP) is 2.10. The Morgan fingerprint density at radius 3 is 2.92 bits per heavy atom. The van der Waals surface area contributed by atoms with E-state index in [0.29, 0.717) is 6.61 Å². The fraction of sp³-hybridized carbons (Fsp3) is 0.600. The van der Waals surface area contributed by atoms with Crippen LogP contribution in [0.2, 0.25) is 0 Å². The summed E-state index contributed by atoms with van der Waals surface area (Å²) in [6, 6.07) is 4.21. The summed E-state index contributed by atoms with van der Waals surface area (Å²) in [7, 11) is 1.66. The van der Waals surface area contributed by atoms with Gasteiger partial charge in [0, 0.05) is 7.11 Å². The third kappa shape index (κ3) is 2.86. The van der Waals surface area contributed by atoms with Crippen molar-refractivity contribution in [2.24, 2.45) is 0 Å². The van der Waals surface area contributed by atoms with Crippen LogP contribution < -0.4 is 5.32 Å². The summed E-state index contributed by atoms with van der Waals surface area (Å²) in [5, 5.41) is 3.28. The van der Waals surface area contributed by atoms with Gasteiger partial charge in [0.1, 0.15) is 18.1 Å². The number of methoxy groups -OCH3 is 1. The first-order valence-electron chi connectivity index (χ1n) is 4.58. The molecule has 1 rings (SSSR count). The van der Waals surface area contributed by atoms with E-state index >= 15 is 0 Å². The number of hydrogen-bond donors (Lipinski definition) is 1. The Morgan fingerprint density at radius 1 is 1.54 bits per heavy atom. The molecule has 0 radical (unpaired) electrons. The van der Waals surface area contributed by atoms with Gasteiger partial charge >= 0.3 is 0 Å². The molecule has 0 bridgehead atoms. The molecule has 0 amide bonds. The van der Waals surface area contributed by atoms with Crippen LogP contribution in [0.3, 0.4) is 0 Å². The minimum atomic E-state index is 0.274. The molecule has 3 heteroatoms. The van der Waals surface area contributed by atoms with E-state index in [1.165, 1.54) is 0 Å². The second-order valence-corrected chi connectivity index (χ2v) is 3.02. The van der Waals surface area contributed by atoms with Gasteiger partial charge in [-0.2, -0.15) is 0 Å². The number of furan rings is 1. The number of ether oxygens (including phenoxy) is 1. The van der Waals surface area contributed by atoms with E-state index in [9.17, 15) is 0 Å². The van der Waals surface area contributed by atoms with Gasteiger partial charge in [0.2, 0.25) is 0 Å². The highest BCUT2D eigenvalue weighted by atomic mass is 16.5. The van der Waals surface area contributed by atoms with Crippen LogP contribution in [-0.4, -0.2) is 13.7 Å². The Bertz CT molecular complexity index is 245. The van der Waals surface area contributed by atoms with Gasteiger partial charge in [-0.1, -0.05) is 6.92 Å². The summed E-state index contributed by atoms with van der Waals surface area (Å²) in [5.41, 5.74) is 0. The van der Waals surface area contributed by atoms with Gasteiger partial charge in [-0.25, -0.2) is 0 Å². The van der Waals surface area contributed by atoms with Crippen LogP contribution in [0.25, 0.3) is 0 Å². The summed E-state index contributed by atoms with van der Waals surface area (Å²) >= 11 is 0. The molecule has 1 atom stereocenters. The summed E-state index contributed by atoms with van der Waals surface area (Å²) < 4.78 is 10.5. The maximum absolute atomic E-state index is 5.55. The highest BCUT2D eigenvalue weighted by Gasteiger charge is 2.08. The highest BCUT2D eigenvalue weighted by Crippen LogP contribution is 2.16. The summed E-state index contributed by atoms with van der Waals surface area (Å²) in [6.45, 7) is 5.65. The maximum Gasteiger partial charge on any atom is 0.129 e. The van der Waals surface area contributed by atoms with E-state index in [0.717, 1.165) is 18.1 Å². The summed E-state index contributed by atoms with van der Waals surface area (Å²) in [6.07, 6.45) is 0. The summed E-state index contributed by atoms with van der Waals surface area (Å²) in [4.78, 5) is 0. The van der Waals surface area contributed by atoms with E-state index in [4.69, 9.17) is 9.15 Å². The van der Waals surface area contributed by atoms with Gasteiger partial charge in [-0.3, -0.25) is 0 Å². The second kappa shape index (κ2) is 5.04. The lowest BCUT2D eigenvalue weighted by atomic mass is 10.2. The molecule has 0 aliphatic rings. The Kier molecular flexibility index (Phi) is 3.99. The van der Waals surface area contributed by atoms with Crippen molar-refractivity contribution in [1.82, 2.24) is 5.32 Å². The first kappa shape index (κ1) is 10.3. The van der Waals surface area contributed by atoms with Crippen LogP contribution in [0.5, 0.6) is 0 Å². The molecule has 1 aromatic heterocycles. The van der Waals surface area contributed by atoms with Crippen molar-refractivity contribution in [2.75, 3.05) is 13.7 Å². The van der Waals surface area contributed by atoms with Crippen molar-refractivity contribution >= 4 is 0 Å². The smallest absolute Gasteiger partial charge is 0.129 e. The van der Waals surface area contributed by atoms with E-state index in [1.807, 2.05) is 12.1 Å². The van der Waals surface area contributed by atoms with Crippen LogP contribution in [0.4, 0.5) is 0 Å². The largest absolute Gasteiger partial charge is 0.462 e. The lowest BCUT2D eigenvalue weighted by Crippen LogP contribution is -2.16. The molecule has 3 nitrogen and oxygen atoms in total. The third-order valence-corrected chi connectivity index (χ3v) is 1.91. The normalized spacial score (nSPS) is 13.2. The van der Waals surface area contributed by atoms with Gasteiger partial charge in [0.05, 0.1) is 6.04 Å². The number of nitrogens with one attached hydrogen (secondary N) is 1. The maximum atomic E-state index is 5.55. The van der Waals surface area contributed by atoms with E-state index in [1.54, 1.807) is 7.11 Å². The van der Waals surface area contributed by atoms with Crippen LogP contribution in [0, 0.1) is 0 Å². The van der Waals surface area contributed by atoms with Crippen LogP contribution >= 0.6 is 0 Å². The molecule has 1 aromatic rings. The van der Waals surface area contributed by atoms with Crippen LogP contribution in [-0.2, 0) is 11.3 Å². The molecule has 74 valence electrons. The molecule has 0 aliphatic carbocycles. The molecule has 1 N–H and O–H groups in total. The van der Waals surface area contributed by atoms with E-state index in [-0.39, 0.29) is 6.04 Å². The monoisotopic (exact) mass is 183 g/mol. The van der Waals surface area contributed by atoms with Crippen LogP contribution in [0.15, 0.2) is 16.5 Å². The van der Waals surface area contributed by atoms with Gasteiger partial charge in [0.15, 0.2) is 0 Å². The predicted molar refractivity (Wildman–Crippen MR) is 51.5 cm³/mol. The SMILES string of the molecule is CCNC(C)c1ccc(COC)o1. The standard InChI is InChI=1S/C10H17NO2/c1-4-11-8(2)10-6-5-9(13-10)7-12-3/h5-6,8,11H,4,7H2,1-3H3. The van der Waals surface area contributed by atoms with Gasteiger partial charge in [-0.15, -0.1) is 0 Å². The van der Waals surface area contributed by atoms with Crippen molar-refractivity contribution in [3.8, 4) is 0 Å². The zero-order valence-electron chi connectivity index (χ0n) is 8.46. The molecule has 1 heterocycles. The molecule has 0 fully saturated rings. The highest BCUT2D eigenvalue weighted by molar-refractivity contribution is 5.09. The quantitative estimate of drug-likeness (QED) is 0.759. The van der Waals surface area contributed by atoms with Crippen molar-refractivity contribution in [2.45, 2.75) is 26.5 Å². The first-order valence-corrected chi connectivity index (χ1v) is 4.58. The van der Waals surface area contributed by atoms with Crippen molar-refractivity contribution in [3.63, 3.8) is 0 Å². The first-order chi connectivity index (χ1) is 6.27. The van der Waals surface area contributed by atoms with Gasteiger partial charge < -0.3 is 14.5 Å². The zero-order chi connectivity index (χ0) is 9.68. The number of rotatable bonds is 5. The van der Waals surface area contributed by atoms with Gasteiger partial charge in [-0.05, 0) is 25.6 Å². The molecule has 0 aliphatic heterocycles. The average molecular weight is 183 g/mol. The Labute approximate surface area is 79.1 Å². The van der Waals surface area contributed by atoms with Gasteiger partial charge in [0.25, 0.3) is 0 Å². The fourth-order valence-corrected chi connectivity index (χ4v) is 1.25. The minimum Gasteiger partial charge on any atom is -0.462 e.